The van der Waals surface area contributed by atoms with Crippen molar-refractivity contribution >= 4 is 15.9 Å². The average molecular weight is 428 g/mol. The van der Waals surface area contributed by atoms with E-state index in [9.17, 15) is 26.4 Å². The molecule has 29 heavy (non-hydrogen) atoms. The van der Waals surface area contributed by atoms with Crippen LogP contribution in [0.2, 0.25) is 0 Å². The number of hydrogen-bond acceptors (Lipinski definition) is 3. The van der Waals surface area contributed by atoms with E-state index in [2.05, 4.69) is 4.72 Å². The number of nitrogens with one attached hydrogen (secondary N) is 2. The summed E-state index contributed by atoms with van der Waals surface area (Å²) in [6, 6.07) is 13.3. The fourth-order valence-electron chi connectivity index (χ4n) is 2.68. The first kappa shape index (κ1) is 22.9. The van der Waals surface area contributed by atoms with Gasteiger partial charge in [-0.25, -0.2) is 13.1 Å². The molecule has 0 fully saturated rings. The lowest BCUT2D eigenvalue weighted by atomic mass is 9.83. The molecular formula is C20H23F3N2O3S. The van der Waals surface area contributed by atoms with Crippen LogP contribution < -0.4 is 10.0 Å². The molecule has 0 aromatic heterocycles. The van der Waals surface area contributed by atoms with Crippen LogP contribution in [-0.2, 0) is 10.0 Å². The number of carbonyl (C=O) groups is 1. The third kappa shape index (κ3) is 6.57. The first-order valence-electron chi connectivity index (χ1n) is 8.82. The molecule has 0 aliphatic heterocycles. The third-order valence-corrected chi connectivity index (χ3v) is 5.59. The van der Waals surface area contributed by atoms with Crippen molar-refractivity contribution in [3.63, 3.8) is 0 Å². The predicted molar refractivity (Wildman–Crippen MR) is 104 cm³/mol. The zero-order valence-corrected chi connectivity index (χ0v) is 17.1. The van der Waals surface area contributed by atoms with Gasteiger partial charge in [0, 0.05) is 5.56 Å². The van der Waals surface area contributed by atoms with Gasteiger partial charge in [-0.05, 0) is 35.2 Å². The van der Waals surface area contributed by atoms with E-state index in [1.807, 2.05) is 51.1 Å². The smallest absolute Gasteiger partial charge is 0.343 e. The number of halogens is 3. The van der Waals surface area contributed by atoms with E-state index < -0.39 is 40.1 Å². The van der Waals surface area contributed by atoms with Crippen LogP contribution in [0.4, 0.5) is 13.2 Å². The van der Waals surface area contributed by atoms with Crippen molar-refractivity contribution in [3.05, 3.63) is 65.7 Å². The van der Waals surface area contributed by atoms with Crippen molar-refractivity contribution < 1.29 is 26.4 Å². The van der Waals surface area contributed by atoms with Gasteiger partial charge < -0.3 is 5.32 Å². The maximum Gasteiger partial charge on any atom is 0.405 e. The molecule has 0 saturated heterocycles. The Labute approximate surface area is 168 Å². The lowest BCUT2D eigenvalue weighted by molar-refractivity contribution is -0.123. The van der Waals surface area contributed by atoms with Gasteiger partial charge in [-0.3, -0.25) is 4.79 Å². The van der Waals surface area contributed by atoms with Crippen LogP contribution >= 0.6 is 0 Å². The molecule has 158 valence electrons. The van der Waals surface area contributed by atoms with Gasteiger partial charge in [0.25, 0.3) is 5.91 Å². The Bertz CT molecular complexity index is 936. The van der Waals surface area contributed by atoms with Crippen LogP contribution in [0.25, 0.3) is 0 Å². The molecule has 0 saturated carbocycles. The minimum absolute atomic E-state index is 0.0661. The molecule has 0 radical (unpaired) electrons. The molecule has 0 aliphatic rings. The van der Waals surface area contributed by atoms with Gasteiger partial charge in [-0.1, -0.05) is 51.1 Å². The maximum absolute atomic E-state index is 12.8. The summed E-state index contributed by atoms with van der Waals surface area (Å²) in [6.45, 7) is 4.25. The molecule has 2 aromatic carbocycles. The van der Waals surface area contributed by atoms with Gasteiger partial charge in [0.1, 0.15) is 6.54 Å². The Morgan fingerprint density at radius 1 is 0.966 bits per heavy atom. The molecular weight excluding hydrogens is 405 g/mol. The molecule has 5 nitrogen and oxygen atoms in total. The molecule has 0 heterocycles. The molecule has 2 rings (SSSR count). The molecule has 0 aliphatic carbocycles. The van der Waals surface area contributed by atoms with E-state index in [0.717, 1.165) is 5.56 Å². The Morgan fingerprint density at radius 2 is 1.52 bits per heavy atom. The highest BCUT2D eigenvalue weighted by Gasteiger charge is 2.31. The number of amides is 1. The topological polar surface area (TPSA) is 75.3 Å². The largest absolute Gasteiger partial charge is 0.405 e. The summed E-state index contributed by atoms with van der Waals surface area (Å²) in [4.78, 5) is 11.7. The van der Waals surface area contributed by atoms with E-state index >= 15 is 0 Å². The number of benzene rings is 2. The van der Waals surface area contributed by atoms with Gasteiger partial charge in [0.15, 0.2) is 0 Å². The van der Waals surface area contributed by atoms with Crippen LogP contribution in [0, 0.1) is 5.41 Å². The van der Waals surface area contributed by atoms with Crippen molar-refractivity contribution in [1.82, 2.24) is 10.0 Å². The third-order valence-electron chi connectivity index (χ3n) is 4.15. The van der Waals surface area contributed by atoms with Gasteiger partial charge in [-0.15, -0.1) is 0 Å². The second-order valence-corrected chi connectivity index (χ2v) is 9.37. The second-order valence-electron chi connectivity index (χ2n) is 7.65. The lowest BCUT2D eigenvalue weighted by Crippen LogP contribution is -2.36. The van der Waals surface area contributed by atoms with Crippen LogP contribution in [0.1, 0.15) is 42.7 Å². The molecule has 0 unspecified atom stereocenters. The Hall–Kier alpha value is -2.39. The van der Waals surface area contributed by atoms with Crippen molar-refractivity contribution in [3.8, 4) is 0 Å². The highest BCUT2D eigenvalue weighted by atomic mass is 32.2. The monoisotopic (exact) mass is 428 g/mol. The van der Waals surface area contributed by atoms with E-state index in [-0.39, 0.29) is 10.5 Å². The van der Waals surface area contributed by atoms with Crippen LogP contribution in [-0.4, -0.2) is 27.0 Å². The fraction of sp³-hybridized carbons (Fsp3) is 0.350. The van der Waals surface area contributed by atoms with E-state index in [1.165, 1.54) is 24.3 Å². The quantitative estimate of drug-likeness (QED) is 0.729. The fourth-order valence-corrected chi connectivity index (χ4v) is 4.11. The van der Waals surface area contributed by atoms with Crippen LogP contribution in [0.3, 0.4) is 0 Å². The van der Waals surface area contributed by atoms with Crippen molar-refractivity contribution in [2.24, 2.45) is 5.41 Å². The zero-order valence-electron chi connectivity index (χ0n) is 16.2. The summed E-state index contributed by atoms with van der Waals surface area (Å²) in [6.07, 6.45) is -4.53. The summed E-state index contributed by atoms with van der Waals surface area (Å²) in [5.74, 6) is -0.934. The second kappa shape index (κ2) is 8.54. The maximum atomic E-state index is 12.8. The summed E-state index contributed by atoms with van der Waals surface area (Å²) in [5, 5.41) is 1.74. The van der Waals surface area contributed by atoms with Gasteiger partial charge in [0.2, 0.25) is 10.0 Å². The number of alkyl halides is 3. The predicted octanol–water partition coefficient (Wildman–Crippen LogP) is 4.04. The Balaban J connectivity index is 2.21. The highest BCUT2D eigenvalue weighted by Crippen LogP contribution is 2.34. The number of hydrogen-bond donors (Lipinski definition) is 2. The summed E-state index contributed by atoms with van der Waals surface area (Å²) in [7, 11) is -3.93. The van der Waals surface area contributed by atoms with E-state index in [1.54, 1.807) is 5.32 Å². The molecule has 1 atom stereocenters. The molecule has 0 bridgehead atoms. The summed E-state index contributed by atoms with van der Waals surface area (Å²) >= 11 is 0. The van der Waals surface area contributed by atoms with E-state index in [0.29, 0.717) is 0 Å². The van der Waals surface area contributed by atoms with Gasteiger partial charge in [-0.2, -0.15) is 13.2 Å². The minimum Gasteiger partial charge on any atom is -0.343 e. The number of sulfonamides is 1. The van der Waals surface area contributed by atoms with Crippen molar-refractivity contribution in [1.29, 1.82) is 0 Å². The molecule has 1 amide bonds. The average Bonchev–Trinajstić information content (AvgIpc) is 2.63. The van der Waals surface area contributed by atoms with E-state index in [4.69, 9.17) is 0 Å². The molecule has 0 spiro atoms. The Kier molecular flexibility index (Phi) is 6.74. The summed E-state index contributed by atoms with van der Waals surface area (Å²) < 4.78 is 65.0. The number of rotatable bonds is 6. The molecule has 2 aromatic rings. The van der Waals surface area contributed by atoms with Gasteiger partial charge >= 0.3 is 6.18 Å². The normalized spacial score (nSPS) is 13.7. The zero-order chi connectivity index (χ0) is 21.9. The SMILES string of the molecule is CC(C)(C)[C@H](NS(=O)(=O)c1ccc(C(=O)NCC(F)(F)F)cc1)c1ccccc1. The minimum atomic E-state index is -4.53. The lowest BCUT2D eigenvalue weighted by Gasteiger charge is -2.31. The van der Waals surface area contributed by atoms with Crippen molar-refractivity contribution in [2.75, 3.05) is 6.54 Å². The van der Waals surface area contributed by atoms with Crippen LogP contribution in [0.5, 0.6) is 0 Å². The Morgan fingerprint density at radius 3 is 2.00 bits per heavy atom. The number of carbonyl (C=O) groups excluding carboxylic acids is 1. The standard InChI is InChI=1S/C20H23F3N2O3S/c1-19(2,3)17(14-7-5-4-6-8-14)25-29(27,28)16-11-9-15(10-12-16)18(26)24-13-20(21,22)23/h4-12,17,25H,13H2,1-3H3,(H,24,26)/t17-/m1/s1. The summed E-state index contributed by atoms with van der Waals surface area (Å²) in [5.41, 5.74) is 0.307. The molecule has 9 heteroatoms. The van der Waals surface area contributed by atoms with Crippen LogP contribution in [0.15, 0.2) is 59.5 Å². The molecule has 2 N–H and O–H groups in total. The van der Waals surface area contributed by atoms with Crippen molar-refractivity contribution in [2.45, 2.75) is 37.9 Å². The van der Waals surface area contributed by atoms with Gasteiger partial charge in [0.05, 0.1) is 10.9 Å². The highest BCUT2D eigenvalue weighted by molar-refractivity contribution is 7.89. The first-order valence-corrected chi connectivity index (χ1v) is 10.3. The first-order chi connectivity index (χ1) is 13.3.